The molecule has 2 aromatic carbocycles. The van der Waals surface area contributed by atoms with E-state index in [1.165, 1.54) is 0 Å². The summed E-state index contributed by atoms with van der Waals surface area (Å²) in [6.07, 6.45) is 0.893. The van der Waals surface area contributed by atoms with Crippen molar-refractivity contribution in [3.05, 3.63) is 58.6 Å². The molecule has 0 spiro atoms. The number of hydrogen-bond acceptors (Lipinski definition) is 3. The molecule has 112 valence electrons. The van der Waals surface area contributed by atoms with Crippen LogP contribution in [0.2, 0.25) is 0 Å². The quantitative estimate of drug-likeness (QED) is 0.857. The van der Waals surface area contributed by atoms with Crippen LogP contribution in [0.25, 0.3) is 0 Å². The second-order valence-electron chi connectivity index (χ2n) is 5.07. The molecule has 0 heterocycles. The number of anilines is 1. The molecule has 2 aromatic rings. The zero-order chi connectivity index (χ0) is 15.2. The van der Waals surface area contributed by atoms with E-state index >= 15 is 0 Å². The van der Waals surface area contributed by atoms with Crippen LogP contribution in [-0.2, 0) is 0 Å². The third-order valence-electron chi connectivity index (χ3n) is 3.55. The minimum atomic E-state index is 0.0376. The van der Waals surface area contributed by atoms with E-state index in [4.69, 9.17) is 10.5 Å². The molecule has 1 atom stereocenters. The Hall–Kier alpha value is -1.52. The van der Waals surface area contributed by atoms with Crippen LogP contribution in [0, 0.1) is 0 Å². The Balaban J connectivity index is 1.95. The number of hydrogen-bond donors (Lipinski definition) is 1. The molecule has 21 heavy (non-hydrogen) atoms. The summed E-state index contributed by atoms with van der Waals surface area (Å²) in [6, 6.07) is 16.3. The first-order valence-electron chi connectivity index (χ1n) is 6.96. The Morgan fingerprint density at radius 1 is 1.19 bits per heavy atom. The number of methoxy groups -OCH3 is 1. The van der Waals surface area contributed by atoms with Gasteiger partial charge in [-0.05, 0) is 36.2 Å². The second-order valence-corrected chi connectivity index (χ2v) is 5.99. The van der Waals surface area contributed by atoms with Gasteiger partial charge in [0, 0.05) is 35.9 Å². The zero-order valence-corrected chi connectivity index (χ0v) is 14.0. The van der Waals surface area contributed by atoms with Crippen LogP contribution >= 0.6 is 15.9 Å². The summed E-state index contributed by atoms with van der Waals surface area (Å²) < 4.78 is 6.32. The monoisotopic (exact) mass is 348 g/mol. The van der Waals surface area contributed by atoms with Crippen molar-refractivity contribution in [1.29, 1.82) is 0 Å². The van der Waals surface area contributed by atoms with Gasteiger partial charge >= 0.3 is 0 Å². The molecule has 2 N–H and O–H groups in total. The summed E-state index contributed by atoms with van der Waals surface area (Å²) in [5, 5.41) is 0. The second kappa shape index (κ2) is 7.48. The van der Waals surface area contributed by atoms with E-state index in [0.29, 0.717) is 0 Å². The number of nitrogens with zero attached hydrogens (tertiary/aromatic N) is 1. The molecular weight excluding hydrogens is 328 g/mol. The van der Waals surface area contributed by atoms with E-state index in [-0.39, 0.29) is 6.04 Å². The van der Waals surface area contributed by atoms with Crippen molar-refractivity contribution in [2.75, 3.05) is 25.6 Å². The van der Waals surface area contributed by atoms with Gasteiger partial charge in [0.15, 0.2) is 0 Å². The number of nitrogens with two attached hydrogens (primary N) is 1. The number of halogens is 1. The summed E-state index contributed by atoms with van der Waals surface area (Å²) >= 11 is 3.48. The van der Waals surface area contributed by atoms with E-state index < -0.39 is 0 Å². The van der Waals surface area contributed by atoms with Crippen molar-refractivity contribution < 1.29 is 4.74 Å². The van der Waals surface area contributed by atoms with Crippen LogP contribution in [0.3, 0.4) is 0 Å². The van der Waals surface area contributed by atoms with Gasteiger partial charge in [-0.1, -0.05) is 34.1 Å². The predicted molar refractivity (Wildman–Crippen MR) is 92.0 cm³/mol. The molecule has 4 heteroatoms. The molecule has 0 aliphatic carbocycles. The molecule has 0 bridgehead atoms. The predicted octanol–water partition coefficient (Wildman–Crippen LogP) is 3.98. The third-order valence-corrected chi connectivity index (χ3v) is 4.04. The Bertz CT molecular complexity index is 589. The molecule has 0 saturated heterocycles. The zero-order valence-electron chi connectivity index (χ0n) is 12.4. The Labute approximate surface area is 134 Å². The first-order chi connectivity index (χ1) is 10.1. The molecule has 1 unspecified atom stereocenters. The van der Waals surface area contributed by atoms with E-state index in [1.807, 2.05) is 30.3 Å². The molecule has 3 nitrogen and oxygen atoms in total. The highest BCUT2D eigenvalue weighted by atomic mass is 79.9. The van der Waals surface area contributed by atoms with Crippen molar-refractivity contribution in [2.24, 2.45) is 5.73 Å². The Morgan fingerprint density at radius 3 is 2.67 bits per heavy atom. The van der Waals surface area contributed by atoms with E-state index in [1.54, 1.807) is 7.11 Å². The van der Waals surface area contributed by atoms with Crippen LogP contribution in [-0.4, -0.2) is 20.7 Å². The largest absolute Gasteiger partial charge is 0.497 e. The summed E-state index contributed by atoms with van der Waals surface area (Å²) in [6.45, 7) is 0.890. The number of ether oxygens (including phenoxy) is 1. The fourth-order valence-electron chi connectivity index (χ4n) is 2.21. The summed E-state index contributed by atoms with van der Waals surface area (Å²) in [5.74, 6) is 0.871. The Kier molecular flexibility index (Phi) is 5.65. The summed E-state index contributed by atoms with van der Waals surface area (Å²) in [5.41, 5.74) is 8.57. The maximum absolute atomic E-state index is 6.27. The molecule has 0 amide bonds. The van der Waals surface area contributed by atoms with Gasteiger partial charge in [0.2, 0.25) is 0 Å². The molecule has 2 rings (SSSR count). The summed E-state index contributed by atoms with van der Waals surface area (Å²) in [7, 11) is 3.75. The SMILES string of the molecule is COc1cccc(N(C)CCC(N)c2cccc(Br)c2)c1. The van der Waals surface area contributed by atoms with E-state index in [0.717, 1.165) is 34.4 Å². The lowest BCUT2D eigenvalue weighted by Crippen LogP contribution is -2.23. The van der Waals surface area contributed by atoms with Gasteiger partial charge in [-0.3, -0.25) is 0 Å². The van der Waals surface area contributed by atoms with Gasteiger partial charge in [-0.2, -0.15) is 0 Å². The fourth-order valence-corrected chi connectivity index (χ4v) is 2.63. The molecule has 0 aliphatic rings. The topological polar surface area (TPSA) is 38.5 Å². The van der Waals surface area contributed by atoms with Gasteiger partial charge in [0.05, 0.1) is 7.11 Å². The lowest BCUT2D eigenvalue weighted by molar-refractivity contribution is 0.415. The van der Waals surface area contributed by atoms with Gasteiger partial charge < -0.3 is 15.4 Å². The minimum Gasteiger partial charge on any atom is -0.497 e. The average molecular weight is 349 g/mol. The first kappa shape index (κ1) is 15.9. The summed E-state index contributed by atoms with van der Waals surface area (Å²) in [4.78, 5) is 2.19. The fraction of sp³-hybridized carbons (Fsp3) is 0.294. The van der Waals surface area contributed by atoms with Gasteiger partial charge in [0.25, 0.3) is 0 Å². The smallest absolute Gasteiger partial charge is 0.120 e. The highest BCUT2D eigenvalue weighted by Gasteiger charge is 2.09. The standard InChI is InChI=1S/C17H21BrN2O/c1-20(15-7-4-8-16(12-15)21-2)10-9-17(19)13-5-3-6-14(18)11-13/h3-8,11-12,17H,9-10,19H2,1-2H3. The molecule has 0 fully saturated rings. The van der Waals surface area contributed by atoms with Crippen molar-refractivity contribution in [3.8, 4) is 5.75 Å². The van der Waals surface area contributed by atoms with Crippen molar-refractivity contribution in [1.82, 2.24) is 0 Å². The molecule has 0 saturated carbocycles. The Morgan fingerprint density at radius 2 is 1.95 bits per heavy atom. The highest BCUT2D eigenvalue weighted by Crippen LogP contribution is 2.22. The van der Waals surface area contributed by atoms with Crippen LogP contribution in [0.5, 0.6) is 5.75 Å². The lowest BCUT2D eigenvalue weighted by Gasteiger charge is -2.22. The molecule has 0 radical (unpaired) electrons. The minimum absolute atomic E-state index is 0.0376. The van der Waals surface area contributed by atoms with Crippen molar-refractivity contribution in [2.45, 2.75) is 12.5 Å². The van der Waals surface area contributed by atoms with Gasteiger partial charge in [0.1, 0.15) is 5.75 Å². The lowest BCUT2D eigenvalue weighted by atomic mass is 10.0. The maximum Gasteiger partial charge on any atom is 0.120 e. The van der Waals surface area contributed by atoms with E-state index in [9.17, 15) is 0 Å². The first-order valence-corrected chi connectivity index (χ1v) is 7.75. The normalized spacial score (nSPS) is 12.0. The highest BCUT2D eigenvalue weighted by molar-refractivity contribution is 9.10. The molecule has 0 aliphatic heterocycles. The maximum atomic E-state index is 6.27. The van der Waals surface area contributed by atoms with Crippen LogP contribution in [0.15, 0.2) is 53.0 Å². The third kappa shape index (κ3) is 4.48. The number of rotatable bonds is 6. The van der Waals surface area contributed by atoms with Gasteiger partial charge in [-0.15, -0.1) is 0 Å². The van der Waals surface area contributed by atoms with Crippen LogP contribution < -0.4 is 15.4 Å². The van der Waals surface area contributed by atoms with Crippen molar-refractivity contribution >= 4 is 21.6 Å². The van der Waals surface area contributed by atoms with Crippen molar-refractivity contribution in [3.63, 3.8) is 0 Å². The molecular formula is C17H21BrN2O. The van der Waals surface area contributed by atoms with E-state index in [2.05, 4.69) is 46.1 Å². The average Bonchev–Trinajstić information content (AvgIpc) is 2.52. The number of benzene rings is 2. The van der Waals surface area contributed by atoms with Crippen LogP contribution in [0.1, 0.15) is 18.0 Å². The van der Waals surface area contributed by atoms with Crippen LogP contribution in [0.4, 0.5) is 5.69 Å². The van der Waals surface area contributed by atoms with Gasteiger partial charge in [-0.25, -0.2) is 0 Å². The molecule has 0 aromatic heterocycles.